The Hall–Kier alpha value is 1.32. The van der Waals surface area contributed by atoms with E-state index in [0.717, 1.165) is 0 Å². The van der Waals surface area contributed by atoms with E-state index in [-0.39, 0.29) is 30.4 Å². The Morgan fingerprint density at radius 1 is 1.25 bits per heavy atom. The summed E-state index contributed by atoms with van der Waals surface area (Å²) in [6.07, 6.45) is 0.406. The second-order valence-electron chi connectivity index (χ2n) is 1.15. The predicted molar refractivity (Wildman–Crippen MR) is 25.8 cm³/mol. The van der Waals surface area contributed by atoms with Crippen molar-refractivity contribution < 1.29 is 33.4 Å². The molecule has 2 radical (unpaired) electrons. The summed E-state index contributed by atoms with van der Waals surface area (Å²) in [5, 5.41) is 0. The van der Waals surface area contributed by atoms with E-state index in [9.17, 15) is 0 Å². The minimum atomic E-state index is 0. The van der Waals surface area contributed by atoms with Crippen LogP contribution in [0.4, 0.5) is 0 Å². The van der Waals surface area contributed by atoms with Gasteiger partial charge in [-0.1, -0.05) is 0 Å². The van der Waals surface area contributed by atoms with Gasteiger partial charge in [0.15, 0.2) is 0 Å². The van der Waals surface area contributed by atoms with Gasteiger partial charge in [0.1, 0.15) is 0 Å². The predicted octanol–water partition coefficient (Wildman–Crippen LogP) is 0.139. The number of hydrogen-bond donors (Lipinski definition) is 0. The molecule has 0 fully saturated rings. The monoisotopic (exact) mass is 278 g/mol. The maximum Gasteiger partial charge on any atom is 2.00 e. The molecule has 0 aromatic rings. The first-order valence-corrected chi connectivity index (χ1v) is 2.62. The average molecular weight is 280 g/mol. The summed E-state index contributed by atoms with van der Waals surface area (Å²) in [6, 6.07) is 0. The van der Waals surface area contributed by atoms with Crippen molar-refractivity contribution in [2.24, 2.45) is 0 Å². The minimum Gasteiger partial charge on any atom is -0.870 e. The molecule has 0 heterocycles. The van der Waals surface area contributed by atoms with Crippen LogP contribution < -0.4 is 0 Å². The van der Waals surface area contributed by atoms with E-state index >= 15 is 0 Å². The Bertz CT molecular complexity index is 28.5. The van der Waals surface area contributed by atoms with Gasteiger partial charge >= 0.3 is 65.9 Å². The summed E-state index contributed by atoms with van der Waals surface area (Å²) < 4.78 is 4.80. The van der Waals surface area contributed by atoms with Crippen molar-refractivity contribution >= 4 is 23.4 Å². The third-order valence-electron chi connectivity index (χ3n) is 0.211. The summed E-state index contributed by atoms with van der Waals surface area (Å²) in [6.45, 7) is 4.03. The summed E-state index contributed by atoms with van der Waals surface area (Å²) in [7, 11) is 0. The standard InChI is InChI=1S/C3H7O.2H2O.Sb.Zn/c1-3(2)4;;;;/h3H,1-2H3;2*1H2;;/q-1;;;+1;+2/p-2. The fourth-order valence-electron chi connectivity index (χ4n) is 0. The van der Waals surface area contributed by atoms with Crippen LogP contribution in [0.1, 0.15) is 13.8 Å². The van der Waals surface area contributed by atoms with Crippen LogP contribution in [-0.4, -0.2) is 40.5 Å². The molecule has 0 amide bonds. The van der Waals surface area contributed by atoms with Crippen molar-refractivity contribution in [2.75, 3.05) is 0 Å². The van der Waals surface area contributed by atoms with E-state index in [0.29, 0.717) is 6.10 Å². The molecule has 2 N–H and O–H groups in total. The molecule has 0 aliphatic heterocycles. The summed E-state index contributed by atoms with van der Waals surface area (Å²) >= 11 is 1.40. The van der Waals surface area contributed by atoms with Crippen molar-refractivity contribution in [2.45, 2.75) is 20.0 Å². The zero-order chi connectivity index (χ0) is 4.28. The SMILES string of the molecule is CC(C)[O][Sb].[OH-].[OH-].[Zn+2]. The Balaban J connectivity index is -0.0000000267. The second-order valence-corrected chi connectivity index (χ2v) is 1.76. The third kappa shape index (κ3) is 26.5. The molecule has 46 valence electrons. The van der Waals surface area contributed by atoms with Gasteiger partial charge in [0.05, 0.1) is 0 Å². The van der Waals surface area contributed by atoms with Gasteiger partial charge in [-0.3, -0.25) is 0 Å². The van der Waals surface area contributed by atoms with Gasteiger partial charge in [-0.25, -0.2) is 0 Å². The van der Waals surface area contributed by atoms with Crippen LogP contribution in [0.2, 0.25) is 0 Å². The fourth-order valence-corrected chi connectivity index (χ4v) is 0. The summed E-state index contributed by atoms with van der Waals surface area (Å²) in [5.41, 5.74) is 0. The molecular weight excluding hydrogens is 271 g/mol. The van der Waals surface area contributed by atoms with E-state index in [1.807, 2.05) is 13.8 Å². The molecule has 8 heavy (non-hydrogen) atoms. The van der Waals surface area contributed by atoms with Crippen molar-refractivity contribution in [3.05, 3.63) is 0 Å². The fraction of sp³-hybridized carbons (Fsp3) is 1.00. The molecular formula is C3H9O3SbZn. The third-order valence-corrected chi connectivity index (χ3v) is 1.41. The number of hydrogen-bond acceptors (Lipinski definition) is 3. The van der Waals surface area contributed by atoms with Crippen LogP contribution in [0.3, 0.4) is 0 Å². The van der Waals surface area contributed by atoms with Crippen molar-refractivity contribution in [1.29, 1.82) is 0 Å². The molecule has 0 atom stereocenters. The van der Waals surface area contributed by atoms with E-state index < -0.39 is 0 Å². The van der Waals surface area contributed by atoms with Crippen LogP contribution in [0.25, 0.3) is 0 Å². The zero-order valence-electron chi connectivity index (χ0n) is 5.03. The molecule has 0 aromatic heterocycles. The van der Waals surface area contributed by atoms with Gasteiger partial charge in [0.25, 0.3) is 0 Å². The zero-order valence-corrected chi connectivity index (χ0v) is 10.6. The maximum absolute atomic E-state index is 4.80. The Kier molecular flexibility index (Phi) is 44.9. The van der Waals surface area contributed by atoms with Crippen LogP contribution in [0, 0.1) is 0 Å². The molecule has 0 spiro atoms. The molecule has 0 rings (SSSR count). The molecule has 0 aromatic carbocycles. The van der Waals surface area contributed by atoms with Crippen molar-refractivity contribution in [3.63, 3.8) is 0 Å². The van der Waals surface area contributed by atoms with Gasteiger partial charge in [0.2, 0.25) is 0 Å². The molecule has 0 unspecified atom stereocenters. The molecule has 0 aliphatic carbocycles. The van der Waals surface area contributed by atoms with Crippen LogP contribution >= 0.6 is 0 Å². The van der Waals surface area contributed by atoms with E-state index in [1.54, 1.807) is 0 Å². The molecule has 3 nitrogen and oxygen atoms in total. The summed E-state index contributed by atoms with van der Waals surface area (Å²) in [4.78, 5) is 0. The second kappa shape index (κ2) is 15.8. The first-order chi connectivity index (χ1) is 2.27. The van der Waals surface area contributed by atoms with Gasteiger partial charge in [0, 0.05) is 0 Å². The number of rotatable bonds is 1. The van der Waals surface area contributed by atoms with Crippen molar-refractivity contribution in [3.8, 4) is 0 Å². The molecule has 5 heteroatoms. The van der Waals surface area contributed by atoms with Gasteiger partial charge in [-0.05, 0) is 0 Å². The minimum absolute atomic E-state index is 0. The smallest absolute Gasteiger partial charge is 0.870 e. The Morgan fingerprint density at radius 3 is 1.38 bits per heavy atom. The maximum atomic E-state index is 4.80. The van der Waals surface area contributed by atoms with Crippen LogP contribution in [-0.2, 0) is 22.5 Å². The van der Waals surface area contributed by atoms with E-state index in [4.69, 9.17) is 3.02 Å². The molecule has 0 saturated heterocycles. The van der Waals surface area contributed by atoms with E-state index in [2.05, 4.69) is 0 Å². The first kappa shape index (κ1) is 22.8. The normalized spacial score (nSPS) is 6.00. The molecule has 0 aliphatic rings. The first-order valence-electron chi connectivity index (χ1n) is 1.57. The molecule has 0 saturated carbocycles. The van der Waals surface area contributed by atoms with Crippen LogP contribution in [0.15, 0.2) is 0 Å². The topological polar surface area (TPSA) is 69.2 Å². The quantitative estimate of drug-likeness (QED) is 0.641. The molecule has 0 bridgehead atoms. The average Bonchev–Trinajstić information content (AvgIpc) is 1.38. The van der Waals surface area contributed by atoms with Gasteiger partial charge in [-0.15, -0.1) is 0 Å². The Labute approximate surface area is 76.6 Å². The van der Waals surface area contributed by atoms with Crippen LogP contribution in [0.5, 0.6) is 0 Å². The van der Waals surface area contributed by atoms with Gasteiger partial charge in [-0.2, -0.15) is 0 Å². The van der Waals surface area contributed by atoms with Gasteiger partial charge < -0.3 is 11.0 Å². The van der Waals surface area contributed by atoms with E-state index in [1.165, 1.54) is 23.4 Å². The van der Waals surface area contributed by atoms with Crippen molar-refractivity contribution in [1.82, 2.24) is 0 Å². The summed E-state index contributed by atoms with van der Waals surface area (Å²) in [5.74, 6) is 0. The Morgan fingerprint density at radius 2 is 1.38 bits per heavy atom. The largest absolute Gasteiger partial charge is 2.00 e.